The first-order valence-corrected chi connectivity index (χ1v) is 13.7. The van der Waals surface area contributed by atoms with E-state index < -0.39 is 16.6 Å². The highest BCUT2D eigenvalue weighted by atomic mass is 19.2. The quantitative estimate of drug-likeness (QED) is 0.288. The molecule has 2 aliphatic rings. The van der Waals surface area contributed by atoms with Gasteiger partial charge in [-0.1, -0.05) is 19.9 Å². The van der Waals surface area contributed by atoms with Crippen molar-refractivity contribution in [3.63, 3.8) is 0 Å². The van der Waals surface area contributed by atoms with Gasteiger partial charge < -0.3 is 19.3 Å². The third kappa shape index (κ3) is 7.88. The van der Waals surface area contributed by atoms with E-state index in [-0.39, 0.29) is 35.3 Å². The Morgan fingerprint density at radius 1 is 1.03 bits per heavy atom. The molecule has 39 heavy (non-hydrogen) atoms. The minimum absolute atomic E-state index is 0.0798. The maximum absolute atomic E-state index is 13.6. The molecule has 1 amide bonds. The first-order valence-electron chi connectivity index (χ1n) is 13.7. The summed E-state index contributed by atoms with van der Waals surface area (Å²) >= 11 is 0. The average Bonchev–Trinajstić information content (AvgIpc) is 2.92. The number of rotatable bonds is 10. The van der Waals surface area contributed by atoms with Crippen molar-refractivity contribution in [3.8, 4) is 11.5 Å². The smallest absolute Gasteiger partial charge is 0.311 e. The van der Waals surface area contributed by atoms with Gasteiger partial charge in [-0.2, -0.15) is 0 Å². The lowest BCUT2D eigenvalue weighted by Gasteiger charge is -2.34. The van der Waals surface area contributed by atoms with Crippen LogP contribution in [0.2, 0.25) is 0 Å². The maximum atomic E-state index is 13.6. The minimum atomic E-state index is -0.822. The van der Waals surface area contributed by atoms with E-state index >= 15 is 0 Å². The second-order valence-corrected chi connectivity index (χ2v) is 10.8. The third-order valence-corrected chi connectivity index (χ3v) is 7.44. The molecule has 0 atom stereocenters. The number of nitro benzene ring substituents is 1. The highest BCUT2D eigenvalue weighted by Crippen LogP contribution is 2.33. The standard InChI is InChI=1S/C29H37F2N3O5/c1-20(2)19-38-28-18-24(4-6-27(28)34(36)37)39-23-9-15-33(16-10-23)29(35)11-14-32-12-7-21(8-13-32)22-3-5-25(30)26(31)17-22/h3-6,17-18,20-21,23H,7-16,19H2,1-2H3. The van der Waals surface area contributed by atoms with E-state index in [1.165, 1.54) is 18.2 Å². The highest BCUT2D eigenvalue weighted by molar-refractivity contribution is 5.76. The highest BCUT2D eigenvalue weighted by Gasteiger charge is 2.26. The molecule has 0 aliphatic carbocycles. The average molecular weight is 546 g/mol. The molecule has 0 radical (unpaired) electrons. The van der Waals surface area contributed by atoms with Crippen LogP contribution in [0.1, 0.15) is 57.4 Å². The zero-order valence-corrected chi connectivity index (χ0v) is 22.6. The normalized spacial score (nSPS) is 17.4. The predicted molar refractivity (Wildman–Crippen MR) is 143 cm³/mol. The lowest BCUT2D eigenvalue weighted by atomic mass is 9.89. The number of hydrogen-bond acceptors (Lipinski definition) is 6. The summed E-state index contributed by atoms with van der Waals surface area (Å²) in [6, 6.07) is 8.73. The van der Waals surface area contributed by atoms with Crippen molar-refractivity contribution in [2.45, 2.75) is 58.0 Å². The molecule has 0 spiro atoms. The Bertz CT molecular complexity index is 1150. The van der Waals surface area contributed by atoms with Crippen LogP contribution < -0.4 is 9.47 Å². The molecule has 0 unspecified atom stereocenters. The molecule has 2 fully saturated rings. The molecule has 8 nitrogen and oxygen atoms in total. The molecule has 0 bridgehead atoms. The van der Waals surface area contributed by atoms with Crippen molar-refractivity contribution in [3.05, 3.63) is 63.7 Å². The molecular formula is C29H37F2N3O5. The Balaban J connectivity index is 1.19. The van der Waals surface area contributed by atoms with Gasteiger partial charge >= 0.3 is 5.69 Å². The SMILES string of the molecule is CC(C)COc1cc(OC2CCN(C(=O)CCN3CCC(c4ccc(F)c(F)c4)CC3)CC2)ccc1[N+](=O)[O-]. The zero-order chi connectivity index (χ0) is 27.9. The van der Waals surface area contributed by atoms with Crippen molar-refractivity contribution < 1.29 is 28.0 Å². The topological polar surface area (TPSA) is 85.2 Å². The fourth-order valence-corrected chi connectivity index (χ4v) is 5.17. The van der Waals surface area contributed by atoms with Gasteiger partial charge in [0, 0.05) is 51.0 Å². The van der Waals surface area contributed by atoms with Gasteiger partial charge in [0.1, 0.15) is 11.9 Å². The van der Waals surface area contributed by atoms with Gasteiger partial charge in [-0.05, 0) is 61.5 Å². The molecule has 2 aromatic rings. The van der Waals surface area contributed by atoms with Gasteiger partial charge in [0.25, 0.3) is 0 Å². The minimum Gasteiger partial charge on any atom is -0.490 e. The fourth-order valence-electron chi connectivity index (χ4n) is 5.17. The fraction of sp³-hybridized carbons (Fsp3) is 0.552. The van der Waals surface area contributed by atoms with Crippen molar-refractivity contribution in [1.82, 2.24) is 9.80 Å². The molecule has 0 N–H and O–H groups in total. The number of carbonyl (C=O) groups is 1. The van der Waals surface area contributed by atoms with Crippen LogP contribution in [0.3, 0.4) is 0 Å². The van der Waals surface area contributed by atoms with Gasteiger partial charge in [0.2, 0.25) is 11.7 Å². The molecule has 2 saturated heterocycles. The Morgan fingerprint density at radius 2 is 1.74 bits per heavy atom. The second kappa shape index (κ2) is 13.2. The summed E-state index contributed by atoms with van der Waals surface area (Å²) in [6.45, 7) is 7.86. The zero-order valence-electron chi connectivity index (χ0n) is 22.6. The molecule has 212 valence electrons. The van der Waals surface area contributed by atoms with E-state index in [1.807, 2.05) is 18.7 Å². The van der Waals surface area contributed by atoms with Crippen molar-refractivity contribution in [2.75, 3.05) is 39.3 Å². The van der Waals surface area contributed by atoms with E-state index in [2.05, 4.69) is 4.90 Å². The van der Waals surface area contributed by atoms with Crippen LogP contribution in [0.15, 0.2) is 36.4 Å². The van der Waals surface area contributed by atoms with Crippen molar-refractivity contribution in [2.24, 2.45) is 5.92 Å². The van der Waals surface area contributed by atoms with Crippen LogP contribution in [0, 0.1) is 27.7 Å². The van der Waals surface area contributed by atoms with Crippen LogP contribution >= 0.6 is 0 Å². The first kappa shape index (κ1) is 28.7. The number of nitrogens with zero attached hydrogens (tertiary/aromatic N) is 3. The summed E-state index contributed by atoms with van der Waals surface area (Å²) in [4.78, 5) is 27.8. The van der Waals surface area contributed by atoms with Gasteiger partial charge in [0.05, 0.1) is 11.5 Å². The van der Waals surface area contributed by atoms with Crippen LogP contribution in [-0.2, 0) is 4.79 Å². The molecule has 2 aliphatic heterocycles. The number of piperidine rings is 2. The number of benzene rings is 2. The van der Waals surface area contributed by atoms with E-state index in [4.69, 9.17) is 9.47 Å². The van der Waals surface area contributed by atoms with Crippen LogP contribution in [0.4, 0.5) is 14.5 Å². The van der Waals surface area contributed by atoms with Gasteiger partial charge in [-0.25, -0.2) is 8.78 Å². The Hall–Kier alpha value is -3.27. The van der Waals surface area contributed by atoms with E-state index in [0.29, 0.717) is 51.3 Å². The number of halogens is 2. The maximum Gasteiger partial charge on any atom is 0.311 e. The van der Waals surface area contributed by atoms with Crippen molar-refractivity contribution in [1.29, 1.82) is 0 Å². The van der Waals surface area contributed by atoms with Gasteiger partial charge in [0.15, 0.2) is 11.6 Å². The van der Waals surface area contributed by atoms with E-state index in [1.54, 1.807) is 18.2 Å². The monoisotopic (exact) mass is 545 g/mol. The summed E-state index contributed by atoms with van der Waals surface area (Å²) in [5, 5.41) is 11.3. The Labute approximate surface area is 228 Å². The van der Waals surface area contributed by atoms with Crippen LogP contribution in [0.25, 0.3) is 0 Å². The molecule has 2 heterocycles. The summed E-state index contributed by atoms with van der Waals surface area (Å²) in [5.74, 6) is -0.338. The van der Waals surface area contributed by atoms with Gasteiger partial charge in [-0.3, -0.25) is 14.9 Å². The Kier molecular flexibility index (Phi) is 9.72. The van der Waals surface area contributed by atoms with Crippen LogP contribution in [0.5, 0.6) is 11.5 Å². The summed E-state index contributed by atoms with van der Waals surface area (Å²) in [5.41, 5.74) is 0.750. The van der Waals surface area contributed by atoms with Gasteiger partial charge in [-0.15, -0.1) is 0 Å². The Morgan fingerprint density at radius 3 is 2.38 bits per heavy atom. The molecule has 0 saturated carbocycles. The number of likely N-dealkylation sites (tertiary alicyclic amines) is 2. The number of hydrogen-bond donors (Lipinski definition) is 0. The molecule has 2 aromatic carbocycles. The number of amides is 1. The number of carbonyl (C=O) groups excluding carboxylic acids is 1. The summed E-state index contributed by atoms with van der Waals surface area (Å²) in [7, 11) is 0. The predicted octanol–water partition coefficient (Wildman–Crippen LogP) is 5.55. The molecular weight excluding hydrogens is 508 g/mol. The first-order chi connectivity index (χ1) is 18.7. The largest absolute Gasteiger partial charge is 0.490 e. The van der Waals surface area contributed by atoms with Crippen molar-refractivity contribution >= 4 is 11.6 Å². The molecule has 0 aromatic heterocycles. The second-order valence-electron chi connectivity index (χ2n) is 10.8. The third-order valence-electron chi connectivity index (χ3n) is 7.44. The summed E-state index contributed by atoms with van der Waals surface area (Å²) < 4.78 is 38.5. The number of nitro groups is 1. The summed E-state index contributed by atoms with van der Waals surface area (Å²) in [6.07, 6.45) is 3.45. The lowest BCUT2D eigenvalue weighted by Crippen LogP contribution is -2.43. The number of ether oxygens (including phenoxy) is 2. The van der Waals surface area contributed by atoms with Crippen LogP contribution in [-0.4, -0.2) is 66.1 Å². The lowest BCUT2D eigenvalue weighted by molar-refractivity contribution is -0.385. The van der Waals surface area contributed by atoms with E-state index in [9.17, 15) is 23.7 Å². The molecule has 10 heteroatoms. The molecule has 4 rings (SSSR count). The van der Waals surface area contributed by atoms with E-state index in [0.717, 1.165) is 31.5 Å².